The fourth-order valence-corrected chi connectivity index (χ4v) is 2.84. The average molecular weight is 242 g/mol. The summed E-state index contributed by atoms with van der Waals surface area (Å²) in [4.78, 5) is 2.64. The normalized spacial score (nSPS) is 22.6. The Morgan fingerprint density at radius 2 is 1.94 bits per heavy atom. The van der Waals surface area contributed by atoms with Gasteiger partial charge in [0.2, 0.25) is 0 Å². The first-order valence-corrected chi connectivity index (χ1v) is 7.19. The maximum absolute atomic E-state index is 5.75. The van der Waals surface area contributed by atoms with Crippen molar-refractivity contribution in [2.24, 2.45) is 0 Å². The summed E-state index contributed by atoms with van der Waals surface area (Å²) in [5, 5.41) is 3.46. The number of rotatable bonds is 8. The summed E-state index contributed by atoms with van der Waals surface area (Å²) in [5.41, 5.74) is 0.235. The molecule has 1 N–H and O–H groups in total. The molecule has 1 fully saturated rings. The van der Waals surface area contributed by atoms with Gasteiger partial charge in [-0.15, -0.1) is 0 Å². The lowest BCUT2D eigenvalue weighted by atomic mass is 9.88. The second-order valence-corrected chi connectivity index (χ2v) is 5.32. The van der Waals surface area contributed by atoms with Gasteiger partial charge in [-0.3, -0.25) is 4.90 Å². The lowest BCUT2D eigenvalue weighted by Crippen LogP contribution is -2.59. The Balaban J connectivity index is 2.59. The van der Waals surface area contributed by atoms with Crippen molar-refractivity contribution in [3.63, 3.8) is 0 Å². The fourth-order valence-electron chi connectivity index (χ4n) is 2.84. The van der Waals surface area contributed by atoms with Gasteiger partial charge in [-0.2, -0.15) is 0 Å². The molecule has 1 saturated heterocycles. The van der Waals surface area contributed by atoms with Crippen LogP contribution in [0.3, 0.4) is 0 Å². The molecule has 2 atom stereocenters. The van der Waals surface area contributed by atoms with E-state index in [1.807, 2.05) is 0 Å². The van der Waals surface area contributed by atoms with Crippen molar-refractivity contribution in [2.75, 3.05) is 33.4 Å². The van der Waals surface area contributed by atoms with Gasteiger partial charge in [0, 0.05) is 18.2 Å². The van der Waals surface area contributed by atoms with Crippen molar-refractivity contribution in [2.45, 2.75) is 58.0 Å². The minimum absolute atomic E-state index is 0.235. The highest BCUT2D eigenvalue weighted by molar-refractivity contribution is 4.97. The highest BCUT2D eigenvalue weighted by Crippen LogP contribution is 2.28. The van der Waals surface area contributed by atoms with Crippen LogP contribution in [0.5, 0.6) is 0 Å². The highest BCUT2D eigenvalue weighted by Gasteiger charge is 2.38. The number of hydrogen-bond acceptors (Lipinski definition) is 3. The Morgan fingerprint density at radius 1 is 1.29 bits per heavy atom. The summed E-state index contributed by atoms with van der Waals surface area (Å²) < 4.78 is 5.75. The predicted octanol–water partition coefficient (Wildman–Crippen LogP) is 2.27. The van der Waals surface area contributed by atoms with Crippen LogP contribution in [-0.2, 0) is 4.74 Å². The Labute approximate surface area is 107 Å². The minimum atomic E-state index is 0.235. The molecule has 3 heteroatoms. The van der Waals surface area contributed by atoms with Crippen LogP contribution in [0.2, 0.25) is 0 Å². The third kappa shape index (κ3) is 3.67. The van der Waals surface area contributed by atoms with Gasteiger partial charge in [0.25, 0.3) is 0 Å². The number of hydrogen-bond donors (Lipinski definition) is 1. The molecule has 1 aliphatic rings. The molecule has 1 heterocycles. The molecule has 3 nitrogen and oxygen atoms in total. The Morgan fingerprint density at radius 3 is 2.41 bits per heavy atom. The number of nitrogens with one attached hydrogen (secondary N) is 1. The monoisotopic (exact) mass is 242 g/mol. The zero-order valence-corrected chi connectivity index (χ0v) is 12.1. The van der Waals surface area contributed by atoms with Crippen LogP contribution in [0.4, 0.5) is 0 Å². The highest BCUT2D eigenvalue weighted by atomic mass is 16.5. The third-order valence-electron chi connectivity index (χ3n) is 4.28. The maximum atomic E-state index is 5.75. The molecule has 1 rings (SSSR count). The van der Waals surface area contributed by atoms with E-state index in [2.05, 4.69) is 38.0 Å². The molecule has 0 aromatic rings. The Bertz CT molecular complexity index is 204. The molecular weight excluding hydrogens is 212 g/mol. The Kier molecular flexibility index (Phi) is 6.45. The molecular formula is C14H30N2O. The second-order valence-electron chi connectivity index (χ2n) is 5.32. The summed E-state index contributed by atoms with van der Waals surface area (Å²) in [7, 11) is 2.06. The number of ether oxygens (including phenoxy) is 1. The van der Waals surface area contributed by atoms with Crippen LogP contribution in [0, 0.1) is 0 Å². The van der Waals surface area contributed by atoms with E-state index < -0.39 is 0 Å². The van der Waals surface area contributed by atoms with E-state index >= 15 is 0 Å². The van der Waals surface area contributed by atoms with E-state index in [1.54, 1.807) is 0 Å². The van der Waals surface area contributed by atoms with Gasteiger partial charge in [-0.1, -0.05) is 13.8 Å². The van der Waals surface area contributed by atoms with Crippen LogP contribution >= 0.6 is 0 Å². The molecule has 102 valence electrons. The standard InChI is InChI=1S/C14H30N2O/c1-5-11-17-12-13(15-4)14(3,6-2)16-9-7-8-10-16/h13,15H,5-12H2,1-4H3. The van der Waals surface area contributed by atoms with Gasteiger partial charge in [0.15, 0.2) is 0 Å². The van der Waals surface area contributed by atoms with Crippen molar-refractivity contribution >= 4 is 0 Å². The van der Waals surface area contributed by atoms with Crippen LogP contribution < -0.4 is 5.32 Å². The van der Waals surface area contributed by atoms with Gasteiger partial charge in [0.1, 0.15) is 0 Å². The van der Waals surface area contributed by atoms with Gasteiger partial charge in [-0.25, -0.2) is 0 Å². The molecule has 0 aromatic heterocycles. The van der Waals surface area contributed by atoms with Crippen molar-refractivity contribution in [3.05, 3.63) is 0 Å². The smallest absolute Gasteiger partial charge is 0.0637 e. The first-order valence-electron chi connectivity index (χ1n) is 7.19. The second kappa shape index (κ2) is 7.34. The van der Waals surface area contributed by atoms with Gasteiger partial charge >= 0.3 is 0 Å². The quantitative estimate of drug-likeness (QED) is 0.661. The van der Waals surface area contributed by atoms with E-state index in [1.165, 1.54) is 32.4 Å². The zero-order valence-electron chi connectivity index (χ0n) is 12.1. The zero-order chi connectivity index (χ0) is 12.7. The largest absolute Gasteiger partial charge is 0.380 e. The summed E-state index contributed by atoms with van der Waals surface area (Å²) in [6.45, 7) is 11.0. The lowest BCUT2D eigenvalue weighted by Gasteiger charge is -2.44. The van der Waals surface area contributed by atoms with Gasteiger partial charge < -0.3 is 10.1 Å². The van der Waals surface area contributed by atoms with E-state index in [9.17, 15) is 0 Å². The van der Waals surface area contributed by atoms with Crippen LogP contribution in [0.25, 0.3) is 0 Å². The summed E-state index contributed by atoms with van der Waals surface area (Å²) in [6, 6.07) is 0.428. The van der Waals surface area contributed by atoms with E-state index in [-0.39, 0.29) is 5.54 Å². The molecule has 0 saturated carbocycles. The molecule has 1 aliphatic heterocycles. The van der Waals surface area contributed by atoms with E-state index in [0.717, 1.165) is 19.6 Å². The maximum Gasteiger partial charge on any atom is 0.0637 e. The molecule has 0 spiro atoms. The van der Waals surface area contributed by atoms with E-state index in [0.29, 0.717) is 6.04 Å². The van der Waals surface area contributed by atoms with Crippen molar-refractivity contribution in [1.82, 2.24) is 10.2 Å². The van der Waals surface area contributed by atoms with Crippen LogP contribution in [0.1, 0.15) is 46.5 Å². The van der Waals surface area contributed by atoms with Crippen molar-refractivity contribution in [3.8, 4) is 0 Å². The predicted molar refractivity (Wildman–Crippen MR) is 73.5 cm³/mol. The van der Waals surface area contributed by atoms with Crippen LogP contribution in [0.15, 0.2) is 0 Å². The molecule has 0 aliphatic carbocycles. The number of likely N-dealkylation sites (N-methyl/N-ethyl adjacent to an activating group) is 1. The fraction of sp³-hybridized carbons (Fsp3) is 1.00. The van der Waals surface area contributed by atoms with Crippen molar-refractivity contribution in [1.29, 1.82) is 0 Å². The first kappa shape index (κ1) is 14.9. The molecule has 0 bridgehead atoms. The molecule has 0 radical (unpaired) electrons. The average Bonchev–Trinajstić information content (AvgIpc) is 2.88. The van der Waals surface area contributed by atoms with Gasteiger partial charge in [0.05, 0.1) is 6.61 Å². The number of nitrogens with zero attached hydrogens (tertiary/aromatic N) is 1. The summed E-state index contributed by atoms with van der Waals surface area (Å²) >= 11 is 0. The molecule has 0 aromatic carbocycles. The minimum Gasteiger partial charge on any atom is -0.380 e. The van der Waals surface area contributed by atoms with Crippen molar-refractivity contribution < 1.29 is 4.74 Å². The van der Waals surface area contributed by atoms with Crippen LogP contribution in [-0.4, -0.2) is 49.8 Å². The van der Waals surface area contributed by atoms with Gasteiger partial charge in [-0.05, 0) is 52.7 Å². The van der Waals surface area contributed by atoms with E-state index in [4.69, 9.17) is 4.74 Å². The molecule has 0 amide bonds. The third-order valence-corrected chi connectivity index (χ3v) is 4.28. The summed E-state index contributed by atoms with van der Waals surface area (Å²) in [6.07, 6.45) is 4.97. The number of likely N-dealkylation sites (tertiary alicyclic amines) is 1. The lowest BCUT2D eigenvalue weighted by molar-refractivity contribution is 0.0272. The topological polar surface area (TPSA) is 24.5 Å². The molecule has 17 heavy (non-hydrogen) atoms. The molecule has 2 unspecified atom stereocenters. The first-order chi connectivity index (χ1) is 8.19. The summed E-state index contributed by atoms with van der Waals surface area (Å²) in [5.74, 6) is 0. The SMILES string of the molecule is CCCOCC(NC)C(C)(CC)N1CCCC1. The Hall–Kier alpha value is -0.120.